The third kappa shape index (κ3) is 2.71. The average Bonchev–Trinajstić information content (AvgIpc) is 3.33. The third-order valence-electron chi connectivity index (χ3n) is 6.46. The van der Waals surface area contributed by atoms with Crippen molar-refractivity contribution >= 4 is 21.5 Å². The van der Waals surface area contributed by atoms with Gasteiger partial charge in [0.25, 0.3) is 0 Å². The summed E-state index contributed by atoms with van der Waals surface area (Å²) in [6.07, 6.45) is 6.15. The number of fused-ring (bicyclic) bond motifs is 2. The van der Waals surface area contributed by atoms with Crippen molar-refractivity contribution in [3.05, 3.63) is 41.9 Å². The molecule has 0 saturated heterocycles. The van der Waals surface area contributed by atoms with E-state index in [2.05, 4.69) is 20.8 Å². The summed E-state index contributed by atoms with van der Waals surface area (Å²) in [5.41, 5.74) is 8.89. The van der Waals surface area contributed by atoms with E-state index in [1.807, 2.05) is 24.4 Å². The lowest BCUT2D eigenvalue weighted by molar-refractivity contribution is 0.161. The highest BCUT2D eigenvalue weighted by Gasteiger charge is 2.62. The number of nitriles is 1. The van der Waals surface area contributed by atoms with Gasteiger partial charge in [-0.1, -0.05) is 6.07 Å². The number of aryl methyl sites for hydroxylation is 2. The van der Waals surface area contributed by atoms with Gasteiger partial charge in [0.1, 0.15) is 0 Å². The summed E-state index contributed by atoms with van der Waals surface area (Å²) in [5.74, 6) is 0.329. The van der Waals surface area contributed by atoms with E-state index in [1.165, 1.54) is 0 Å². The number of anilines is 1. The number of hydrogen-bond acceptors (Lipinski definition) is 6. The van der Waals surface area contributed by atoms with Gasteiger partial charge >= 0.3 is 0 Å². The van der Waals surface area contributed by atoms with E-state index in [0.717, 1.165) is 28.9 Å². The lowest BCUT2D eigenvalue weighted by Gasteiger charge is -2.43. The number of nitrogens with zero attached hydrogens (tertiary/aromatic N) is 4. The van der Waals surface area contributed by atoms with Gasteiger partial charge < -0.3 is 5.73 Å². The molecule has 3 aliphatic rings. The molecule has 0 spiro atoms. The first-order valence-electron chi connectivity index (χ1n) is 9.82. The zero-order chi connectivity index (χ0) is 21.3. The van der Waals surface area contributed by atoms with Gasteiger partial charge in [0.05, 0.1) is 34.0 Å². The summed E-state index contributed by atoms with van der Waals surface area (Å²) >= 11 is 0. The quantitative estimate of drug-likeness (QED) is 0.666. The minimum Gasteiger partial charge on any atom is -0.381 e. The van der Waals surface area contributed by atoms with Crippen LogP contribution in [0.3, 0.4) is 0 Å². The summed E-state index contributed by atoms with van der Waals surface area (Å²) in [7, 11) is -3.73. The predicted molar refractivity (Wildman–Crippen MR) is 112 cm³/mol. The summed E-state index contributed by atoms with van der Waals surface area (Å²) in [6, 6.07) is 7.45. The molecule has 1 aromatic carbocycles. The third-order valence-corrected chi connectivity index (χ3v) is 8.03. The largest absolute Gasteiger partial charge is 0.381 e. The molecule has 0 unspecified atom stereocenters. The second-order valence-corrected chi connectivity index (χ2v) is 10.4. The number of imidazole rings is 1. The second kappa shape index (κ2) is 6.03. The molecule has 8 nitrogen and oxygen atoms in total. The van der Waals surface area contributed by atoms with Crippen molar-refractivity contribution in [3.8, 4) is 17.3 Å². The van der Waals surface area contributed by atoms with Crippen molar-refractivity contribution in [1.29, 1.82) is 5.26 Å². The van der Waals surface area contributed by atoms with Crippen molar-refractivity contribution in [1.82, 2.24) is 19.1 Å². The summed E-state index contributed by atoms with van der Waals surface area (Å²) in [4.78, 5) is 8.80. The Labute approximate surface area is 174 Å². The maximum atomic E-state index is 13.2. The molecule has 3 aliphatic carbocycles. The van der Waals surface area contributed by atoms with Crippen molar-refractivity contribution in [2.24, 2.45) is 5.41 Å². The lowest BCUT2D eigenvalue weighted by atomic mass is 9.66. The molecule has 3 N–H and O–H groups in total. The van der Waals surface area contributed by atoms with Crippen LogP contribution in [0, 0.1) is 30.6 Å². The molecule has 0 atom stereocenters. The molecule has 6 rings (SSSR count). The molecule has 0 amide bonds. The van der Waals surface area contributed by atoms with Crippen LogP contribution in [0.15, 0.2) is 35.5 Å². The Morgan fingerprint density at radius 2 is 2.03 bits per heavy atom. The highest BCUT2D eigenvalue weighted by atomic mass is 32.2. The van der Waals surface area contributed by atoms with Crippen LogP contribution in [0.25, 0.3) is 16.9 Å². The van der Waals surface area contributed by atoms with Gasteiger partial charge in [-0.15, -0.1) is 0 Å². The zero-order valence-electron chi connectivity index (χ0n) is 16.8. The number of aromatic nitrogens is 3. The Morgan fingerprint density at radius 1 is 1.27 bits per heavy atom. The van der Waals surface area contributed by atoms with Gasteiger partial charge in [-0.2, -0.15) is 5.26 Å². The van der Waals surface area contributed by atoms with E-state index >= 15 is 0 Å². The van der Waals surface area contributed by atoms with Crippen LogP contribution in [0.1, 0.15) is 36.9 Å². The van der Waals surface area contributed by atoms with E-state index in [4.69, 9.17) is 5.73 Å². The number of benzene rings is 1. The van der Waals surface area contributed by atoms with Crippen LogP contribution >= 0.6 is 0 Å². The molecule has 30 heavy (non-hydrogen) atoms. The maximum absolute atomic E-state index is 13.2. The first-order valence-corrected chi connectivity index (χ1v) is 11.3. The Balaban J connectivity index is 1.54. The Bertz CT molecular complexity index is 1350. The number of hydrogen-bond donors (Lipinski definition) is 2. The van der Waals surface area contributed by atoms with Crippen LogP contribution in [0.2, 0.25) is 0 Å². The van der Waals surface area contributed by atoms with Crippen LogP contribution in [0.5, 0.6) is 0 Å². The molecule has 154 valence electrons. The molecule has 0 radical (unpaired) electrons. The Hall–Kier alpha value is -2.96. The number of rotatable bonds is 4. The number of nitrogens with two attached hydrogens (primary N) is 1. The fourth-order valence-electron chi connectivity index (χ4n) is 5.06. The zero-order valence-corrected chi connectivity index (χ0v) is 17.6. The highest BCUT2D eigenvalue weighted by molar-refractivity contribution is 7.89. The van der Waals surface area contributed by atoms with Crippen LogP contribution in [-0.2, 0) is 10.0 Å². The van der Waals surface area contributed by atoms with Crippen molar-refractivity contribution in [3.63, 3.8) is 0 Å². The van der Waals surface area contributed by atoms with Gasteiger partial charge in [-0.05, 0) is 57.2 Å². The number of nitrogens with one attached hydrogen (secondary N) is 1. The smallest absolute Gasteiger partial charge is 0.241 e. The highest BCUT2D eigenvalue weighted by Crippen LogP contribution is 2.61. The molecule has 0 aliphatic heterocycles. The molecule has 3 fully saturated rings. The summed E-state index contributed by atoms with van der Waals surface area (Å²) in [6.45, 7) is 3.77. The first kappa shape index (κ1) is 19.0. The van der Waals surface area contributed by atoms with E-state index in [-0.39, 0.29) is 10.3 Å². The van der Waals surface area contributed by atoms with Gasteiger partial charge in [-0.25, -0.2) is 23.1 Å². The van der Waals surface area contributed by atoms with E-state index < -0.39 is 15.6 Å². The average molecular weight is 423 g/mol. The Morgan fingerprint density at radius 3 is 2.73 bits per heavy atom. The molecule has 3 aromatic rings. The van der Waals surface area contributed by atoms with Crippen LogP contribution in [-0.4, -0.2) is 28.3 Å². The van der Waals surface area contributed by atoms with Gasteiger partial charge in [0.2, 0.25) is 10.0 Å². The minimum absolute atomic E-state index is 0.201. The fraction of sp³-hybridized carbons (Fsp3) is 0.381. The molecule has 9 heteroatoms. The lowest BCUT2D eigenvalue weighted by Crippen LogP contribution is -2.55. The minimum atomic E-state index is -3.73. The molecule has 2 aromatic heterocycles. The monoisotopic (exact) mass is 422 g/mol. The van der Waals surface area contributed by atoms with Crippen molar-refractivity contribution in [2.45, 2.75) is 50.0 Å². The van der Waals surface area contributed by atoms with Gasteiger partial charge in [-0.3, -0.25) is 4.40 Å². The number of nitrogen functional groups attached to an aromatic ring is 1. The molecule has 2 bridgehead atoms. The van der Waals surface area contributed by atoms with E-state index in [1.54, 1.807) is 24.4 Å². The molecular weight excluding hydrogens is 400 g/mol. The standard InChI is InChI=1S/C21H22N6O2S/c1-13-3-4-15(30(28,29)26-21-6-5-20(10-21,11-21)12-22)7-16(13)17-8-24-19-18(23)25-14(2)9-27(17)19/h3-4,7-9,26H,5-6,10-11H2,1-2H3,(H2,23,25). The molecule has 3 saturated carbocycles. The number of sulfonamides is 1. The first-order chi connectivity index (χ1) is 14.2. The maximum Gasteiger partial charge on any atom is 0.241 e. The van der Waals surface area contributed by atoms with Crippen LogP contribution in [0.4, 0.5) is 5.82 Å². The van der Waals surface area contributed by atoms with E-state index in [9.17, 15) is 13.7 Å². The van der Waals surface area contributed by atoms with Gasteiger partial charge in [0, 0.05) is 17.3 Å². The van der Waals surface area contributed by atoms with Crippen molar-refractivity contribution in [2.75, 3.05) is 5.73 Å². The Kier molecular flexibility index (Phi) is 3.82. The van der Waals surface area contributed by atoms with Crippen molar-refractivity contribution < 1.29 is 8.42 Å². The molecule has 2 heterocycles. The summed E-state index contributed by atoms with van der Waals surface area (Å²) in [5, 5.41) is 9.34. The SMILES string of the molecule is Cc1cn2c(-c3cc(S(=O)(=O)NC45CCC(C#N)(C4)C5)ccc3C)cnc2c(N)n1. The topological polar surface area (TPSA) is 126 Å². The predicted octanol–water partition coefficient (Wildman–Crippen LogP) is 2.71. The second-order valence-electron chi connectivity index (χ2n) is 8.71. The summed E-state index contributed by atoms with van der Waals surface area (Å²) < 4.78 is 31.1. The van der Waals surface area contributed by atoms with Crippen LogP contribution < -0.4 is 10.5 Å². The van der Waals surface area contributed by atoms with Gasteiger partial charge in [0.15, 0.2) is 11.5 Å². The van der Waals surface area contributed by atoms with E-state index in [0.29, 0.717) is 30.7 Å². The fourth-order valence-corrected chi connectivity index (χ4v) is 6.51. The molecular formula is C21H22N6O2S. The normalized spacial score (nSPS) is 25.2.